The van der Waals surface area contributed by atoms with Crippen LogP contribution in [0.15, 0.2) is 41.4 Å². The average Bonchev–Trinajstić information content (AvgIpc) is 3.13. The van der Waals surface area contributed by atoms with E-state index < -0.39 is 11.7 Å². The minimum Gasteiger partial charge on any atom is -0.288 e. The van der Waals surface area contributed by atoms with Gasteiger partial charge in [0.05, 0.1) is 12.1 Å². The van der Waals surface area contributed by atoms with E-state index in [9.17, 15) is 13.2 Å². The summed E-state index contributed by atoms with van der Waals surface area (Å²) in [5.41, 5.74) is 4.53. The third-order valence-corrected chi connectivity index (χ3v) is 4.20. The van der Waals surface area contributed by atoms with Crippen LogP contribution in [0.1, 0.15) is 27.8 Å². The number of nitrogens with zero attached hydrogens (tertiary/aromatic N) is 1. The minimum atomic E-state index is -4.34. The van der Waals surface area contributed by atoms with E-state index >= 15 is 0 Å². The number of rotatable bonds is 1. The van der Waals surface area contributed by atoms with E-state index in [0.717, 1.165) is 28.7 Å². The molecule has 0 spiro atoms. The zero-order chi connectivity index (χ0) is 15.3. The highest BCUT2D eigenvalue weighted by Crippen LogP contribution is 2.39. The predicted molar refractivity (Wildman–Crippen MR) is 80.9 cm³/mol. The molecule has 2 aliphatic rings. The zero-order valence-electron chi connectivity index (χ0n) is 11.6. The summed E-state index contributed by atoms with van der Waals surface area (Å²) in [7, 11) is 0. The number of hydrogen-bond acceptors (Lipinski definition) is 1. The van der Waals surface area contributed by atoms with Gasteiger partial charge in [-0.2, -0.15) is 13.2 Å². The molecule has 0 aromatic heterocycles. The Bertz CT molecular complexity index is 829. The van der Waals surface area contributed by atoms with E-state index in [4.69, 9.17) is 0 Å². The van der Waals surface area contributed by atoms with E-state index in [2.05, 4.69) is 4.99 Å². The van der Waals surface area contributed by atoms with E-state index in [1.165, 1.54) is 12.1 Å². The lowest BCUT2D eigenvalue weighted by atomic mass is 9.90. The third kappa shape index (κ3) is 1.98. The molecule has 0 radical (unpaired) electrons. The van der Waals surface area contributed by atoms with Crippen LogP contribution in [0.2, 0.25) is 0 Å². The lowest BCUT2D eigenvalue weighted by Gasteiger charge is -2.16. The molecule has 0 saturated carbocycles. The predicted octanol–water partition coefficient (Wildman–Crippen LogP) is 4.87. The van der Waals surface area contributed by atoms with Crippen LogP contribution in [0.4, 0.5) is 13.2 Å². The maximum atomic E-state index is 13.2. The SMILES string of the molecule is FC(F)(F)c1cc2c(c(-c3cccc4c3CC=C4)c1)C=NC2. The van der Waals surface area contributed by atoms with Crippen molar-refractivity contribution in [3.05, 3.63) is 64.2 Å². The number of halogens is 3. The van der Waals surface area contributed by atoms with Gasteiger partial charge in [-0.15, -0.1) is 0 Å². The van der Waals surface area contributed by atoms with Crippen LogP contribution in [0.5, 0.6) is 0 Å². The highest BCUT2D eigenvalue weighted by molar-refractivity contribution is 5.95. The third-order valence-electron chi connectivity index (χ3n) is 4.20. The molecule has 110 valence electrons. The van der Waals surface area contributed by atoms with Crippen molar-refractivity contribution in [2.75, 3.05) is 0 Å². The van der Waals surface area contributed by atoms with Crippen molar-refractivity contribution in [2.24, 2.45) is 4.99 Å². The number of fused-ring (bicyclic) bond motifs is 2. The van der Waals surface area contributed by atoms with Gasteiger partial charge in [-0.05, 0) is 46.4 Å². The van der Waals surface area contributed by atoms with Crippen LogP contribution in [-0.4, -0.2) is 6.21 Å². The van der Waals surface area contributed by atoms with E-state index in [1.807, 2.05) is 30.4 Å². The summed E-state index contributed by atoms with van der Waals surface area (Å²) in [5.74, 6) is 0. The van der Waals surface area contributed by atoms with Crippen LogP contribution >= 0.6 is 0 Å². The summed E-state index contributed by atoms with van der Waals surface area (Å²) in [6.45, 7) is 0.319. The van der Waals surface area contributed by atoms with Crippen molar-refractivity contribution < 1.29 is 13.2 Å². The van der Waals surface area contributed by atoms with Crippen LogP contribution in [0.3, 0.4) is 0 Å². The minimum absolute atomic E-state index is 0.319. The Morgan fingerprint density at radius 3 is 2.73 bits per heavy atom. The highest BCUT2D eigenvalue weighted by atomic mass is 19.4. The molecule has 0 N–H and O–H groups in total. The number of aliphatic imine (C=N–C) groups is 1. The maximum Gasteiger partial charge on any atom is 0.416 e. The number of alkyl halides is 3. The Kier molecular flexibility index (Phi) is 2.76. The summed E-state index contributed by atoms with van der Waals surface area (Å²) >= 11 is 0. The molecule has 1 aliphatic heterocycles. The van der Waals surface area contributed by atoms with Gasteiger partial charge in [-0.25, -0.2) is 0 Å². The highest BCUT2D eigenvalue weighted by Gasteiger charge is 2.33. The summed E-state index contributed by atoms with van der Waals surface area (Å²) < 4.78 is 39.5. The molecule has 0 fully saturated rings. The van der Waals surface area contributed by atoms with Gasteiger partial charge >= 0.3 is 6.18 Å². The van der Waals surface area contributed by atoms with Crippen LogP contribution < -0.4 is 0 Å². The summed E-state index contributed by atoms with van der Waals surface area (Å²) in [4.78, 5) is 4.15. The molecule has 0 unspecified atom stereocenters. The molecule has 4 heteroatoms. The van der Waals surface area contributed by atoms with Crippen LogP contribution in [0, 0.1) is 0 Å². The maximum absolute atomic E-state index is 13.2. The van der Waals surface area contributed by atoms with Gasteiger partial charge in [0, 0.05) is 11.8 Å². The smallest absolute Gasteiger partial charge is 0.288 e. The fourth-order valence-corrected chi connectivity index (χ4v) is 3.16. The van der Waals surface area contributed by atoms with E-state index in [0.29, 0.717) is 17.7 Å². The van der Waals surface area contributed by atoms with Crippen LogP contribution in [0.25, 0.3) is 17.2 Å². The molecule has 22 heavy (non-hydrogen) atoms. The van der Waals surface area contributed by atoms with Gasteiger partial charge in [-0.3, -0.25) is 4.99 Å². The van der Waals surface area contributed by atoms with Crippen molar-refractivity contribution in [2.45, 2.75) is 19.1 Å². The van der Waals surface area contributed by atoms with Crippen molar-refractivity contribution in [3.8, 4) is 11.1 Å². The lowest BCUT2D eigenvalue weighted by Crippen LogP contribution is -2.07. The molecule has 0 amide bonds. The topological polar surface area (TPSA) is 12.4 Å². The number of hydrogen-bond donors (Lipinski definition) is 0. The second-order valence-electron chi connectivity index (χ2n) is 5.54. The second kappa shape index (κ2) is 4.57. The Balaban J connectivity index is 1.98. The van der Waals surface area contributed by atoms with Gasteiger partial charge in [-0.1, -0.05) is 30.4 Å². The molecule has 0 saturated heterocycles. The van der Waals surface area contributed by atoms with Crippen molar-refractivity contribution in [3.63, 3.8) is 0 Å². The summed E-state index contributed by atoms with van der Waals surface area (Å²) in [6.07, 6.45) is 2.15. The molecule has 0 bridgehead atoms. The largest absolute Gasteiger partial charge is 0.416 e. The molecule has 1 heterocycles. The monoisotopic (exact) mass is 299 g/mol. The van der Waals surface area contributed by atoms with Crippen molar-refractivity contribution in [1.29, 1.82) is 0 Å². The van der Waals surface area contributed by atoms with Crippen molar-refractivity contribution >= 4 is 12.3 Å². The fourth-order valence-electron chi connectivity index (χ4n) is 3.16. The standard InChI is InChI=1S/C18H12F3N/c19-18(20,21)13-7-12-9-22-10-17(12)16(8-13)15-6-2-4-11-3-1-5-14(11)15/h1-4,6-8,10H,5,9H2. The van der Waals surface area contributed by atoms with Gasteiger partial charge in [0.1, 0.15) is 0 Å². The molecule has 0 atom stereocenters. The van der Waals surface area contributed by atoms with Gasteiger partial charge in [0.25, 0.3) is 0 Å². The molecule has 2 aromatic rings. The molecule has 2 aromatic carbocycles. The summed E-state index contributed by atoms with van der Waals surface area (Å²) in [5, 5.41) is 0. The molecular formula is C18H12F3N. The Labute approximate surface area is 125 Å². The first kappa shape index (κ1) is 13.3. The number of benzene rings is 2. The Morgan fingerprint density at radius 1 is 1.05 bits per heavy atom. The zero-order valence-corrected chi connectivity index (χ0v) is 11.6. The van der Waals surface area contributed by atoms with Gasteiger partial charge < -0.3 is 0 Å². The van der Waals surface area contributed by atoms with E-state index in [1.54, 1.807) is 6.21 Å². The fraction of sp³-hybridized carbons (Fsp3) is 0.167. The Morgan fingerprint density at radius 2 is 1.91 bits per heavy atom. The van der Waals surface area contributed by atoms with Gasteiger partial charge in [0.2, 0.25) is 0 Å². The summed E-state index contributed by atoms with van der Waals surface area (Å²) in [6, 6.07) is 8.25. The average molecular weight is 299 g/mol. The first-order valence-electron chi connectivity index (χ1n) is 7.07. The quantitative estimate of drug-likeness (QED) is 0.712. The first-order chi connectivity index (χ1) is 10.5. The Hall–Kier alpha value is -2.36. The van der Waals surface area contributed by atoms with Gasteiger partial charge in [0.15, 0.2) is 0 Å². The molecule has 4 rings (SSSR count). The van der Waals surface area contributed by atoms with E-state index in [-0.39, 0.29) is 0 Å². The van der Waals surface area contributed by atoms with Crippen LogP contribution in [-0.2, 0) is 19.1 Å². The molecule has 1 nitrogen and oxygen atoms in total. The molecular weight excluding hydrogens is 287 g/mol. The second-order valence-corrected chi connectivity index (χ2v) is 5.54. The lowest BCUT2D eigenvalue weighted by molar-refractivity contribution is -0.137. The number of allylic oxidation sites excluding steroid dienone is 1. The first-order valence-corrected chi connectivity index (χ1v) is 7.07. The van der Waals surface area contributed by atoms with Crippen molar-refractivity contribution in [1.82, 2.24) is 0 Å². The normalized spacial score (nSPS) is 15.2. The molecule has 1 aliphatic carbocycles.